The highest BCUT2D eigenvalue weighted by molar-refractivity contribution is 7.91. The molecule has 0 bridgehead atoms. The van der Waals surface area contributed by atoms with Crippen LogP contribution in [0.15, 0.2) is 21.7 Å². The predicted molar refractivity (Wildman–Crippen MR) is 336 cm³/mol. The van der Waals surface area contributed by atoms with Gasteiger partial charge < -0.3 is 52.5 Å². The molecule has 25 heteroatoms. The number of rotatable bonds is 14. The van der Waals surface area contributed by atoms with Gasteiger partial charge in [-0.3, -0.25) is 43.2 Å². The fourth-order valence-corrected chi connectivity index (χ4v) is 15.8. The number of amides is 8. The second kappa shape index (κ2) is 33.0. The Morgan fingerprint density at radius 2 is 1.12 bits per heavy atom. The molecule has 1 aromatic heterocycles. The van der Waals surface area contributed by atoms with Crippen LogP contribution in [0.1, 0.15) is 191 Å². The monoisotopic (exact) mass is 1270 g/mol. The van der Waals surface area contributed by atoms with Gasteiger partial charge in [-0.05, 0) is 89.9 Å². The lowest BCUT2D eigenvalue weighted by Crippen LogP contribution is -2.60. The van der Waals surface area contributed by atoms with E-state index in [1.54, 1.807) is 27.3 Å². The van der Waals surface area contributed by atoms with Gasteiger partial charge >= 0.3 is 6.03 Å². The van der Waals surface area contributed by atoms with Crippen molar-refractivity contribution in [2.24, 2.45) is 45.7 Å². The minimum Gasteiger partial charge on any atom is -0.483 e. The summed E-state index contributed by atoms with van der Waals surface area (Å²) < 4.78 is 27.8. The van der Waals surface area contributed by atoms with Crippen LogP contribution in [-0.4, -0.2) is 169 Å². The van der Waals surface area contributed by atoms with E-state index in [0.29, 0.717) is 71.1 Å². The number of nitrogens with one attached hydrogen (secondary N) is 6. The van der Waals surface area contributed by atoms with Gasteiger partial charge in [0, 0.05) is 45.8 Å². The van der Waals surface area contributed by atoms with Crippen LogP contribution in [-0.2, 0) is 53.2 Å². The zero-order chi connectivity index (χ0) is 65.3. The third kappa shape index (κ3) is 19.0. The maximum absolute atomic E-state index is 14.4. The van der Waals surface area contributed by atoms with E-state index in [1.165, 1.54) is 11.4 Å². The van der Waals surface area contributed by atoms with Crippen molar-refractivity contribution < 1.29 is 61.5 Å². The molecule has 0 radical (unpaired) electrons. The number of Topliss-reactive ketones (excluding diaryl/α,β-unsaturated/α-hetero) is 2. The third-order valence-electron chi connectivity index (χ3n) is 19.2. The molecular weight excluding hydrogens is 1170 g/mol. The number of carbonyl (C=O) groups is 10. The lowest BCUT2D eigenvalue weighted by Gasteiger charge is -2.36. The molecule has 7 rings (SSSR count). The Hall–Kier alpha value is -5.53. The van der Waals surface area contributed by atoms with E-state index in [0.717, 1.165) is 94.8 Å². The number of piperidine rings is 2. The number of carbonyl (C=O) groups excluding carboxylic acids is 9. The first-order valence-corrected chi connectivity index (χ1v) is 34.6. The standard InChI is InChI=1S/C37H60N6O7S2.C25H42N4O4.CH2O2/c1-8-20-38-33(46)31(44)25-17-14-12-10-9-11-13-15-18-26(34(47)43-22-24-29(37(24,5)6)30(43)32(45)39-25)40-35(48)41-27(36(2,3)4)23-42(7)52(49,50)28-19-16-21-51-28;1-4-14-27-23(32)21(30)18-13-11-9-7-5-6-8-10-12-17(26)24(33)29-15-16-19(25(16,2)3)20(29)22(31)28-18;2-1-3/h16,19,21,24-27,29-30H,8-15,17-18,20,22-23H2,1-7H3,(H,38,46)(H,39,45)(H2,40,41,48);16-20H,4-15,26H2,1-3H3,(H,27,32)(H,28,31);1H,(H,2,3)/t24-,25-,26-,27+,29-,30-;16-,17-,18-,19-,20-;/m00./s1. The summed E-state index contributed by atoms with van der Waals surface area (Å²) in [5.41, 5.74) is 5.50. The quantitative estimate of drug-likeness (QED) is 0.0826. The maximum atomic E-state index is 14.4. The number of nitrogens with two attached hydrogens (primary N) is 1. The molecule has 11 atom stereocenters. The largest absolute Gasteiger partial charge is 0.483 e. The van der Waals surface area contributed by atoms with Crippen LogP contribution in [0.4, 0.5) is 4.79 Å². The van der Waals surface area contributed by atoms with Crippen LogP contribution < -0.4 is 37.6 Å². The molecule has 0 spiro atoms. The number of carboxylic acid groups (broad SMARTS) is 1. The minimum absolute atomic E-state index is 0.0128. The van der Waals surface area contributed by atoms with Crippen LogP contribution >= 0.6 is 11.3 Å². The molecule has 6 fully saturated rings. The van der Waals surface area contributed by atoms with Crippen molar-refractivity contribution in [1.29, 1.82) is 0 Å². The SMILES string of the molecule is CCCNC(=O)C(=O)[C@@H]1CCCCCCCCC[C@H](N)C(=O)N2C[C@H]3[C@@H]([C@H]2C(=O)N1)C3(C)C.CCCNC(=O)C(=O)[C@@H]1CCCCCCCCC[C@H](NC(=O)N[C@H](CN(C)S(=O)(=O)c2cccs2)C(C)(C)C)C(=O)N2C[C@H]3[C@@H]([C@H]2C(=O)N1)C3(C)C.O=CO. The smallest absolute Gasteiger partial charge is 0.315 e. The Labute approximate surface area is 526 Å². The fourth-order valence-electron chi connectivity index (χ4n) is 13.4. The predicted octanol–water partition coefficient (Wildman–Crippen LogP) is 5.64. The lowest BCUT2D eigenvalue weighted by atomic mass is 9.86. The van der Waals surface area contributed by atoms with E-state index in [2.05, 4.69) is 59.6 Å². The molecular formula is C63H104N10O13S2. The maximum Gasteiger partial charge on any atom is 0.315 e. The topological polar surface area (TPSA) is 333 Å². The summed E-state index contributed by atoms with van der Waals surface area (Å²) in [4.78, 5) is 132. The summed E-state index contributed by atoms with van der Waals surface area (Å²) in [5, 5.41) is 25.5. The molecule has 2 saturated carbocycles. The first-order chi connectivity index (χ1) is 41.5. The van der Waals surface area contributed by atoms with Crippen molar-refractivity contribution >= 4 is 80.9 Å². The number of likely N-dealkylation sites (N-methyl/N-ethyl adjacent to an activating group) is 1. The van der Waals surface area contributed by atoms with Crippen molar-refractivity contribution in [3.63, 3.8) is 0 Å². The zero-order valence-electron chi connectivity index (χ0n) is 53.9. The number of fused-ring (bicyclic) bond motifs is 6. The summed E-state index contributed by atoms with van der Waals surface area (Å²) in [6.45, 7) is 19.4. The van der Waals surface area contributed by atoms with Gasteiger partial charge in [0.05, 0.1) is 18.1 Å². The Balaban J connectivity index is 0.000000335. The Morgan fingerprint density at radius 3 is 1.53 bits per heavy atom. The van der Waals surface area contributed by atoms with E-state index in [1.807, 2.05) is 34.6 Å². The molecule has 8 amide bonds. The number of hydrogen-bond donors (Lipinski definition) is 8. The molecule has 2 aliphatic carbocycles. The summed E-state index contributed by atoms with van der Waals surface area (Å²) in [7, 11) is -2.28. The van der Waals surface area contributed by atoms with Gasteiger partial charge in [0.1, 0.15) is 22.3 Å². The van der Waals surface area contributed by atoms with Crippen molar-refractivity contribution in [2.75, 3.05) is 39.8 Å². The van der Waals surface area contributed by atoms with Gasteiger partial charge in [0.15, 0.2) is 0 Å². The minimum atomic E-state index is -3.76. The summed E-state index contributed by atoms with van der Waals surface area (Å²) in [6, 6.07) is -2.84. The van der Waals surface area contributed by atoms with E-state index in [4.69, 9.17) is 15.6 Å². The highest BCUT2D eigenvalue weighted by Crippen LogP contribution is 2.66. The van der Waals surface area contributed by atoms with E-state index in [9.17, 15) is 51.6 Å². The van der Waals surface area contributed by atoms with Gasteiger partial charge in [-0.15, -0.1) is 11.3 Å². The first kappa shape index (κ1) is 73.2. The number of urea groups is 1. The summed E-state index contributed by atoms with van der Waals surface area (Å²) in [6.07, 6.45) is 16.1. The molecule has 23 nitrogen and oxygen atoms in total. The Morgan fingerprint density at radius 1 is 0.716 bits per heavy atom. The molecule has 0 aromatic carbocycles. The molecule has 9 N–H and O–H groups in total. The highest BCUT2D eigenvalue weighted by Gasteiger charge is 2.71. The van der Waals surface area contributed by atoms with Gasteiger partial charge in [-0.25, -0.2) is 13.2 Å². The summed E-state index contributed by atoms with van der Waals surface area (Å²) >= 11 is 1.13. The van der Waals surface area contributed by atoms with Crippen molar-refractivity contribution in [1.82, 2.24) is 46.0 Å². The lowest BCUT2D eigenvalue weighted by molar-refractivity contribution is -0.144. The van der Waals surface area contributed by atoms with E-state index in [-0.39, 0.29) is 69.4 Å². The van der Waals surface area contributed by atoms with Crippen LogP contribution in [0.3, 0.4) is 0 Å². The Kier molecular flexibility index (Phi) is 27.4. The molecule has 496 valence electrons. The number of sulfonamides is 1. The number of nitrogens with zero attached hydrogens (tertiary/aromatic N) is 3. The van der Waals surface area contributed by atoms with Crippen LogP contribution in [0.25, 0.3) is 0 Å². The van der Waals surface area contributed by atoms with Crippen LogP contribution in [0, 0.1) is 39.9 Å². The van der Waals surface area contributed by atoms with Crippen LogP contribution in [0.5, 0.6) is 0 Å². The second-order valence-electron chi connectivity index (χ2n) is 27.3. The molecule has 0 unspecified atom stereocenters. The average molecular weight is 1270 g/mol. The molecule has 6 aliphatic rings. The van der Waals surface area contributed by atoms with Crippen LogP contribution in [0.2, 0.25) is 0 Å². The highest BCUT2D eigenvalue weighted by atomic mass is 32.2. The number of ketones is 2. The van der Waals surface area contributed by atoms with Gasteiger partial charge in [0.2, 0.25) is 35.2 Å². The molecule has 5 heterocycles. The fraction of sp³-hybridized carbons (Fsp3) is 0.778. The molecule has 4 saturated heterocycles. The second-order valence-corrected chi connectivity index (χ2v) is 30.5. The summed E-state index contributed by atoms with van der Waals surface area (Å²) in [5.74, 6) is -3.70. The number of hydrogen-bond acceptors (Lipinski definition) is 14. The van der Waals surface area contributed by atoms with Gasteiger partial charge in [-0.2, -0.15) is 4.31 Å². The Bertz CT molecular complexity index is 2680. The zero-order valence-corrected chi connectivity index (χ0v) is 55.6. The molecule has 88 heavy (non-hydrogen) atoms. The van der Waals surface area contributed by atoms with E-state index >= 15 is 0 Å². The number of thiophene rings is 1. The van der Waals surface area contributed by atoms with Gasteiger partial charge in [-0.1, -0.05) is 158 Å². The van der Waals surface area contributed by atoms with Crippen molar-refractivity contribution in [2.45, 2.75) is 237 Å². The van der Waals surface area contributed by atoms with Crippen molar-refractivity contribution in [3.05, 3.63) is 17.5 Å². The molecule has 1 aromatic rings. The van der Waals surface area contributed by atoms with Crippen molar-refractivity contribution in [3.8, 4) is 0 Å². The first-order valence-electron chi connectivity index (χ1n) is 32.3. The van der Waals surface area contributed by atoms with E-state index < -0.39 is 93.1 Å². The normalized spacial score (nSPS) is 28.1. The van der Waals surface area contributed by atoms with Gasteiger partial charge in [0.25, 0.3) is 28.3 Å². The third-order valence-corrected chi connectivity index (χ3v) is 22.4. The molecule has 4 aliphatic heterocycles. The average Bonchev–Trinajstić information content (AvgIpc) is 1.58.